The molecule has 0 spiro atoms. The van der Waals surface area contributed by atoms with Crippen molar-refractivity contribution in [3.63, 3.8) is 0 Å². The van der Waals surface area contributed by atoms with Crippen LogP contribution in [0.2, 0.25) is 0 Å². The number of rotatable bonds is 3. The van der Waals surface area contributed by atoms with E-state index in [2.05, 4.69) is 10.5 Å². The number of benzene rings is 1. The molecule has 0 unspecified atom stereocenters. The third-order valence-electron chi connectivity index (χ3n) is 3.01. The molecule has 2 aromatic rings. The normalized spacial score (nSPS) is 10.5. The molecule has 0 atom stereocenters. The van der Waals surface area contributed by atoms with Crippen molar-refractivity contribution in [3.8, 4) is 0 Å². The van der Waals surface area contributed by atoms with Gasteiger partial charge in [-0.3, -0.25) is 0 Å². The molecular weight excluding hydrogens is 214 g/mol. The van der Waals surface area contributed by atoms with Gasteiger partial charge in [-0.05, 0) is 38.5 Å². The first-order valence-electron chi connectivity index (χ1n) is 5.60. The summed E-state index contributed by atoms with van der Waals surface area (Å²) in [6, 6.07) is 5.86. The topological polar surface area (TPSA) is 64.1 Å². The third kappa shape index (κ3) is 2.25. The molecule has 4 heteroatoms. The number of nitrogens with zero attached hydrogens (tertiary/aromatic N) is 1. The number of hydrogen-bond donors (Lipinski definition) is 2. The zero-order valence-electron chi connectivity index (χ0n) is 10.4. The van der Waals surface area contributed by atoms with Crippen LogP contribution in [-0.2, 0) is 6.54 Å². The molecule has 0 fully saturated rings. The lowest BCUT2D eigenvalue weighted by atomic mass is 10.1. The summed E-state index contributed by atoms with van der Waals surface area (Å²) in [5, 5.41) is 7.29. The minimum atomic E-state index is 0.700. The molecule has 1 aromatic heterocycles. The van der Waals surface area contributed by atoms with Crippen LogP contribution in [0, 0.1) is 20.8 Å². The van der Waals surface area contributed by atoms with Crippen LogP contribution in [0.15, 0.2) is 22.7 Å². The summed E-state index contributed by atoms with van der Waals surface area (Å²) >= 11 is 0. The second kappa shape index (κ2) is 4.49. The molecule has 2 rings (SSSR count). The number of nitrogens with one attached hydrogen (secondary N) is 1. The van der Waals surface area contributed by atoms with E-state index in [1.54, 1.807) is 0 Å². The Bertz CT molecular complexity index is 512. The molecule has 0 aliphatic rings. The van der Waals surface area contributed by atoms with Crippen molar-refractivity contribution in [2.45, 2.75) is 27.3 Å². The molecular formula is C13H17N3O. The number of aromatic nitrogens is 1. The molecule has 4 nitrogen and oxygen atoms in total. The molecule has 17 heavy (non-hydrogen) atoms. The largest absolute Gasteiger partial charge is 0.398 e. The Labute approximate surface area is 101 Å². The predicted octanol–water partition coefficient (Wildman–Crippen LogP) is 2.79. The van der Waals surface area contributed by atoms with E-state index in [-0.39, 0.29) is 0 Å². The highest BCUT2D eigenvalue weighted by atomic mass is 16.5. The van der Waals surface area contributed by atoms with E-state index in [1.165, 1.54) is 0 Å². The van der Waals surface area contributed by atoms with Gasteiger partial charge in [0.1, 0.15) is 5.76 Å². The highest BCUT2D eigenvalue weighted by molar-refractivity contribution is 5.62. The second-order valence-corrected chi connectivity index (χ2v) is 4.18. The summed E-state index contributed by atoms with van der Waals surface area (Å²) in [7, 11) is 0. The Balaban J connectivity index is 2.15. The molecule has 1 heterocycles. The van der Waals surface area contributed by atoms with Crippen molar-refractivity contribution in [1.82, 2.24) is 5.16 Å². The van der Waals surface area contributed by atoms with E-state index in [1.807, 2.05) is 39.0 Å². The van der Waals surface area contributed by atoms with Gasteiger partial charge in [-0.2, -0.15) is 0 Å². The fraction of sp³-hybridized carbons (Fsp3) is 0.308. The summed E-state index contributed by atoms with van der Waals surface area (Å²) in [6.45, 7) is 6.57. The Morgan fingerprint density at radius 1 is 1.29 bits per heavy atom. The van der Waals surface area contributed by atoms with Gasteiger partial charge in [0.25, 0.3) is 0 Å². The monoisotopic (exact) mass is 231 g/mol. The van der Waals surface area contributed by atoms with Crippen LogP contribution in [0.4, 0.5) is 11.4 Å². The summed E-state index contributed by atoms with van der Waals surface area (Å²) in [5.74, 6) is 0.858. The third-order valence-corrected chi connectivity index (χ3v) is 3.01. The van der Waals surface area contributed by atoms with E-state index < -0.39 is 0 Å². The lowest BCUT2D eigenvalue weighted by Crippen LogP contribution is -2.04. The Kier molecular flexibility index (Phi) is 3.04. The van der Waals surface area contributed by atoms with E-state index >= 15 is 0 Å². The van der Waals surface area contributed by atoms with Crippen LogP contribution in [0.1, 0.15) is 22.6 Å². The van der Waals surface area contributed by atoms with Crippen LogP contribution in [0.5, 0.6) is 0 Å². The second-order valence-electron chi connectivity index (χ2n) is 4.18. The molecule has 3 N–H and O–H groups in total. The van der Waals surface area contributed by atoms with Gasteiger partial charge in [-0.25, -0.2) is 0 Å². The maximum absolute atomic E-state index is 5.86. The van der Waals surface area contributed by atoms with Crippen molar-refractivity contribution < 1.29 is 4.52 Å². The van der Waals surface area contributed by atoms with Gasteiger partial charge < -0.3 is 15.6 Å². The first kappa shape index (κ1) is 11.5. The summed E-state index contributed by atoms with van der Waals surface area (Å²) in [6.07, 6.45) is 0. The quantitative estimate of drug-likeness (QED) is 0.797. The van der Waals surface area contributed by atoms with Gasteiger partial charge in [-0.1, -0.05) is 11.2 Å². The van der Waals surface area contributed by atoms with E-state index in [0.29, 0.717) is 6.54 Å². The maximum atomic E-state index is 5.86. The van der Waals surface area contributed by atoms with Crippen molar-refractivity contribution in [2.75, 3.05) is 11.1 Å². The summed E-state index contributed by atoms with van der Waals surface area (Å²) in [4.78, 5) is 0. The van der Waals surface area contributed by atoms with E-state index in [4.69, 9.17) is 10.3 Å². The molecule has 0 amide bonds. The highest BCUT2D eigenvalue weighted by Crippen LogP contribution is 2.22. The van der Waals surface area contributed by atoms with Gasteiger partial charge in [0, 0.05) is 23.5 Å². The summed E-state index contributed by atoms with van der Waals surface area (Å²) < 4.78 is 5.12. The van der Waals surface area contributed by atoms with E-state index in [9.17, 15) is 0 Å². The van der Waals surface area contributed by atoms with Gasteiger partial charge in [0.15, 0.2) is 0 Å². The number of nitrogens with two attached hydrogens (primary N) is 1. The zero-order valence-corrected chi connectivity index (χ0v) is 10.4. The smallest absolute Gasteiger partial charge is 0.138 e. The van der Waals surface area contributed by atoms with Crippen LogP contribution in [0.25, 0.3) is 0 Å². The number of hydrogen-bond acceptors (Lipinski definition) is 4. The number of nitrogen functional groups attached to an aromatic ring is 1. The van der Waals surface area contributed by atoms with Crippen LogP contribution in [-0.4, -0.2) is 5.16 Å². The van der Waals surface area contributed by atoms with Crippen molar-refractivity contribution in [2.24, 2.45) is 0 Å². The molecule has 1 aromatic carbocycles. The zero-order chi connectivity index (χ0) is 12.4. The van der Waals surface area contributed by atoms with Crippen molar-refractivity contribution >= 4 is 11.4 Å². The average molecular weight is 231 g/mol. The first-order valence-corrected chi connectivity index (χ1v) is 5.60. The van der Waals surface area contributed by atoms with Gasteiger partial charge in [0.05, 0.1) is 5.69 Å². The van der Waals surface area contributed by atoms with Gasteiger partial charge >= 0.3 is 0 Å². The van der Waals surface area contributed by atoms with Crippen LogP contribution >= 0.6 is 0 Å². The van der Waals surface area contributed by atoms with Crippen molar-refractivity contribution in [3.05, 3.63) is 40.8 Å². The average Bonchev–Trinajstić information content (AvgIpc) is 2.62. The predicted molar refractivity (Wildman–Crippen MR) is 68.9 cm³/mol. The summed E-state index contributed by atoms with van der Waals surface area (Å²) in [5.41, 5.74) is 10.8. The fourth-order valence-corrected chi connectivity index (χ4v) is 1.78. The first-order chi connectivity index (χ1) is 8.09. The molecule has 0 saturated carbocycles. The van der Waals surface area contributed by atoms with E-state index in [0.717, 1.165) is 34.0 Å². The molecule has 90 valence electrons. The lowest BCUT2D eigenvalue weighted by Gasteiger charge is -2.10. The minimum absolute atomic E-state index is 0.700. The Morgan fingerprint density at radius 3 is 2.71 bits per heavy atom. The fourth-order valence-electron chi connectivity index (χ4n) is 1.78. The molecule has 0 bridgehead atoms. The Hall–Kier alpha value is -1.97. The molecule has 0 saturated heterocycles. The minimum Gasteiger partial charge on any atom is -0.398 e. The standard InChI is InChI=1S/C13H17N3O/c1-8-12(14)5-4-6-13(8)15-7-11-9(2)16-17-10(11)3/h4-6,15H,7,14H2,1-3H3. The Morgan fingerprint density at radius 2 is 2.06 bits per heavy atom. The maximum Gasteiger partial charge on any atom is 0.138 e. The SMILES string of the molecule is Cc1noc(C)c1CNc1cccc(N)c1C. The number of anilines is 2. The highest BCUT2D eigenvalue weighted by Gasteiger charge is 2.09. The molecule has 0 aliphatic heterocycles. The van der Waals surface area contributed by atoms with Crippen LogP contribution < -0.4 is 11.1 Å². The lowest BCUT2D eigenvalue weighted by molar-refractivity contribution is 0.392. The number of aryl methyl sites for hydroxylation is 2. The molecule has 0 radical (unpaired) electrons. The van der Waals surface area contributed by atoms with Gasteiger partial charge in [0.2, 0.25) is 0 Å². The van der Waals surface area contributed by atoms with Gasteiger partial charge in [-0.15, -0.1) is 0 Å². The van der Waals surface area contributed by atoms with Crippen LogP contribution in [0.3, 0.4) is 0 Å². The van der Waals surface area contributed by atoms with Crippen molar-refractivity contribution in [1.29, 1.82) is 0 Å². The molecule has 0 aliphatic carbocycles.